The molecule has 5 heteroatoms. The van der Waals surface area contributed by atoms with Crippen LogP contribution in [0.3, 0.4) is 0 Å². The quantitative estimate of drug-likeness (QED) is 0.666. The van der Waals surface area contributed by atoms with Crippen LogP contribution in [0.2, 0.25) is 0 Å². The fourth-order valence-corrected chi connectivity index (χ4v) is 3.26. The van der Waals surface area contributed by atoms with Gasteiger partial charge in [0.05, 0.1) is 5.75 Å². The molecule has 0 unspecified atom stereocenters. The number of aryl methyl sites for hydroxylation is 2. The van der Waals surface area contributed by atoms with Gasteiger partial charge in [0.1, 0.15) is 5.75 Å². The molecule has 0 bridgehead atoms. The number of phenolic OH excluding ortho intramolecular Hbond substituents is 1. The maximum Gasteiger partial charge on any atom is 0.236 e. The Bertz CT molecular complexity index is 523. The van der Waals surface area contributed by atoms with Crippen molar-refractivity contribution in [2.24, 2.45) is 0 Å². The first-order valence-electron chi connectivity index (χ1n) is 5.72. The van der Waals surface area contributed by atoms with Crippen LogP contribution in [0, 0.1) is 0 Å². The van der Waals surface area contributed by atoms with Crippen molar-refractivity contribution in [3.63, 3.8) is 0 Å². The van der Waals surface area contributed by atoms with Crippen molar-refractivity contribution >= 4 is 19.7 Å². The zero-order valence-corrected chi connectivity index (χ0v) is 11.0. The first kappa shape index (κ1) is 12.7. The molecule has 1 aliphatic carbocycles. The Labute approximate surface area is 106 Å². The number of hydrogen-bond acceptors (Lipinski definition) is 3. The second-order valence-electron chi connectivity index (χ2n) is 4.49. The van der Waals surface area contributed by atoms with Crippen LogP contribution in [0.1, 0.15) is 36.0 Å². The number of hydrogen-bond donors (Lipinski definition) is 1. The number of fused-ring (bicyclic) bond motifs is 1. The Hall–Kier alpha value is -0.740. The lowest BCUT2D eigenvalue weighted by atomic mass is 10.00. The van der Waals surface area contributed by atoms with Gasteiger partial charge in [-0.3, -0.25) is 0 Å². The molecule has 0 saturated carbocycles. The van der Waals surface area contributed by atoms with E-state index in [4.69, 9.17) is 10.7 Å². The van der Waals surface area contributed by atoms with Crippen LogP contribution in [-0.2, 0) is 27.6 Å². The SMILES string of the molecule is O=S(=O)(Cl)Cc1cc2c(cc1O)CCCCC2. The summed E-state index contributed by atoms with van der Waals surface area (Å²) in [6.07, 6.45) is 5.32. The van der Waals surface area contributed by atoms with Crippen molar-refractivity contribution in [2.45, 2.75) is 37.9 Å². The minimum absolute atomic E-state index is 0.0369. The maximum atomic E-state index is 11.0. The number of halogens is 1. The van der Waals surface area contributed by atoms with Crippen molar-refractivity contribution in [1.82, 2.24) is 0 Å². The molecular weight excluding hydrogens is 260 g/mol. The van der Waals surface area contributed by atoms with Gasteiger partial charge in [-0.1, -0.05) is 12.5 Å². The molecular formula is C12H15ClO3S. The molecule has 0 fully saturated rings. The van der Waals surface area contributed by atoms with Crippen molar-refractivity contribution in [1.29, 1.82) is 0 Å². The van der Waals surface area contributed by atoms with Gasteiger partial charge in [0.25, 0.3) is 0 Å². The van der Waals surface area contributed by atoms with Crippen LogP contribution in [0.15, 0.2) is 12.1 Å². The van der Waals surface area contributed by atoms with Crippen molar-refractivity contribution in [2.75, 3.05) is 0 Å². The van der Waals surface area contributed by atoms with E-state index in [1.54, 1.807) is 12.1 Å². The lowest BCUT2D eigenvalue weighted by Crippen LogP contribution is -1.99. The highest BCUT2D eigenvalue weighted by Gasteiger charge is 2.16. The van der Waals surface area contributed by atoms with E-state index >= 15 is 0 Å². The summed E-state index contributed by atoms with van der Waals surface area (Å²) in [5, 5.41) is 9.80. The van der Waals surface area contributed by atoms with Gasteiger partial charge in [0.2, 0.25) is 9.05 Å². The Kier molecular flexibility index (Phi) is 3.64. The fourth-order valence-electron chi connectivity index (χ4n) is 2.30. The van der Waals surface area contributed by atoms with Crippen LogP contribution >= 0.6 is 10.7 Å². The molecule has 0 radical (unpaired) electrons. The first-order chi connectivity index (χ1) is 7.96. The minimum Gasteiger partial charge on any atom is -0.508 e. The predicted octanol–water partition coefficient (Wildman–Crippen LogP) is 2.73. The lowest BCUT2D eigenvalue weighted by Gasteiger charge is -2.10. The molecule has 94 valence electrons. The van der Waals surface area contributed by atoms with Gasteiger partial charge in [-0.05, 0) is 42.9 Å². The van der Waals surface area contributed by atoms with Gasteiger partial charge in [0, 0.05) is 16.2 Å². The Balaban J connectivity index is 2.39. The third kappa shape index (κ3) is 3.36. The number of phenols is 1. The third-order valence-corrected chi connectivity index (χ3v) is 4.10. The normalized spacial score (nSPS) is 16.3. The van der Waals surface area contributed by atoms with E-state index < -0.39 is 9.05 Å². The molecule has 0 heterocycles. The molecule has 0 atom stereocenters. The molecule has 1 aromatic rings. The molecule has 2 rings (SSSR count). The van der Waals surface area contributed by atoms with Crippen molar-refractivity contribution < 1.29 is 13.5 Å². The number of aromatic hydroxyl groups is 1. The van der Waals surface area contributed by atoms with Crippen molar-refractivity contribution in [3.05, 3.63) is 28.8 Å². The van der Waals surface area contributed by atoms with E-state index in [0.717, 1.165) is 36.8 Å². The predicted molar refractivity (Wildman–Crippen MR) is 67.8 cm³/mol. The summed E-state index contributed by atoms with van der Waals surface area (Å²) in [7, 11) is 1.59. The summed E-state index contributed by atoms with van der Waals surface area (Å²) in [4.78, 5) is 0. The Morgan fingerprint density at radius 2 is 1.71 bits per heavy atom. The van der Waals surface area contributed by atoms with Crippen LogP contribution in [-0.4, -0.2) is 13.5 Å². The molecule has 0 amide bonds. The Morgan fingerprint density at radius 3 is 2.29 bits per heavy atom. The minimum atomic E-state index is -3.62. The second-order valence-corrected chi connectivity index (χ2v) is 7.27. The molecule has 0 saturated heterocycles. The monoisotopic (exact) mass is 274 g/mol. The molecule has 1 aliphatic rings. The van der Waals surface area contributed by atoms with Crippen LogP contribution in [0.4, 0.5) is 0 Å². The Morgan fingerprint density at radius 1 is 1.12 bits per heavy atom. The molecule has 0 aromatic heterocycles. The zero-order chi connectivity index (χ0) is 12.5. The third-order valence-electron chi connectivity index (χ3n) is 3.12. The highest BCUT2D eigenvalue weighted by molar-refractivity contribution is 8.13. The van der Waals surface area contributed by atoms with E-state index in [2.05, 4.69) is 0 Å². The van der Waals surface area contributed by atoms with E-state index in [0.29, 0.717) is 5.56 Å². The highest BCUT2D eigenvalue weighted by Crippen LogP contribution is 2.29. The summed E-state index contributed by atoms with van der Waals surface area (Å²) in [6.45, 7) is 0. The fraction of sp³-hybridized carbons (Fsp3) is 0.500. The summed E-state index contributed by atoms with van der Waals surface area (Å²) in [6, 6.07) is 3.48. The first-order valence-corrected chi connectivity index (χ1v) is 8.19. The van der Waals surface area contributed by atoms with Crippen molar-refractivity contribution in [3.8, 4) is 5.75 Å². The molecule has 0 spiro atoms. The van der Waals surface area contributed by atoms with Gasteiger partial charge in [0.15, 0.2) is 0 Å². The average molecular weight is 275 g/mol. The molecule has 1 N–H and O–H groups in total. The average Bonchev–Trinajstić information content (AvgIpc) is 2.41. The largest absolute Gasteiger partial charge is 0.508 e. The van der Waals surface area contributed by atoms with E-state index in [-0.39, 0.29) is 11.5 Å². The van der Waals surface area contributed by atoms with E-state index in [9.17, 15) is 13.5 Å². The summed E-state index contributed by atoms with van der Waals surface area (Å²) >= 11 is 0. The zero-order valence-electron chi connectivity index (χ0n) is 9.45. The van der Waals surface area contributed by atoms with Crippen LogP contribution in [0.5, 0.6) is 5.75 Å². The number of benzene rings is 1. The smallest absolute Gasteiger partial charge is 0.236 e. The van der Waals surface area contributed by atoms with Gasteiger partial charge >= 0.3 is 0 Å². The van der Waals surface area contributed by atoms with Gasteiger partial charge in [-0.2, -0.15) is 0 Å². The second kappa shape index (κ2) is 4.86. The summed E-state index contributed by atoms with van der Waals surface area (Å²) in [5.41, 5.74) is 2.69. The highest BCUT2D eigenvalue weighted by atomic mass is 35.7. The van der Waals surface area contributed by atoms with Gasteiger partial charge in [-0.15, -0.1) is 0 Å². The summed E-state index contributed by atoms with van der Waals surface area (Å²) in [5.74, 6) is -0.275. The number of rotatable bonds is 2. The van der Waals surface area contributed by atoms with Gasteiger partial charge in [-0.25, -0.2) is 8.42 Å². The summed E-state index contributed by atoms with van der Waals surface area (Å²) < 4.78 is 22.1. The molecule has 3 nitrogen and oxygen atoms in total. The van der Waals surface area contributed by atoms with E-state index in [1.807, 2.05) is 0 Å². The molecule has 17 heavy (non-hydrogen) atoms. The van der Waals surface area contributed by atoms with E-state index in [1.165, 1.54) is 6.42 Å². The maximum absolute atomic E-state index is 11.0. The lowest BCUT2D eigenvalue weighted by molar-refractivity contribution is 0.469. The standard InChI is InChI=1S/C12H15ClO3S/c13-17(15,16)8-11-6-9-4-2-1-3-5-10(9)7-12(11)14/h6-7,14H,1-5,8H2. The van der Waals surface area contributed by atoms with Crippen LogP contribution in [0.25, 0.3) is 0 Å². The topological polar surface area (TPSA) is 54.4 Å². The molecule has 1 aromatic carbocycles. The van der Waals surface area contributed by atoms with Crippen LogP contribution < -0.4 is 0 Å². The molecule has 0 aliphatic heterocycles. The van der Waals surface area contributed by atoms with Gasteiger partial charge < -0.3 is 5.11 Å².